The fourth-order valence-electron chi connectivity index (χ4n) is 1.55. The van der Waals surface area contributed by atoms with Crippen molar-refractivity contribution < 1.29 is 22.6 Å². The quantitative estimate of drug-likeness (QED) is 0.388. The number of hydrogen-bond acceptors (Lipinski definition) is 2. The second-order valence-electron chi connectivity index (χ2n) is 4.01. The maximum Gasteiger partial charge on any atom is 0.389 e. The predicted molar refractivity (Wildman–Crippen MR) is 75.9 cm³/mol. The first-order valence-electron chi connectivity index (χ1n) is 5.84. The van der Waals surface area contributed by atoms with E-state index < -0.39 is 12.6 Å². The first-order valence-corrected chi connectivity index (χ1v) is 7.37. The van der Waals surface area contributed by atoms with Crippen LogP contribution in [0.15, 0.2) is 24.3 Å². The third kappa shape index (κ3) is 6.47. The fourth-order valence-corrected chi connectivity index (χ4v) is 2.31. The molecule has 1 unspecified atom stereocenters. The lowest BCUT2D eigenvalue weighted by molar-refractivity contribution is -0.138. The molecule has 1 aromatic rings. The Bertz CT molecular complexity index is 365. The minimum Gasteiger partial charge on any atom is -0.497 e. The summed E-state index contributed by atoms with van der Waals surface area (Å²) in [7, 11) is 1.58. The zero-order valence-electron chi connectivity index (χ0n) is 10.5. The number of benzene rings is 1. The number of hydrogen-bond donors (Lipinski definition) is 0. The number of ether oxygens (including phenoxy) is 2. The third-order valence-electron chi connectivity index (χ3n) is 2.55. The highest BCUT2D eigenvalue weighted by Gasteiger charge is 2.26. The van der Waals surface area contributed by atoms with Crippen LogP contribution in [0.4, 0.5) is 13.2 Å². The second-order valence-corrected chi connectivity index (χ2v) is 4.89. The Balaban J connectivity index is 2.44. The SMILES string of the molecule is COc1ccc(C(CI)OCCCC(F)(F)F)cc1. The maximum atomic E-state index is 12.0. The monoisotopic (exact) mass is 388 g/mol. The van der Waals surface area contributed by atoms with Crippen LogP contribution in [0.2, 0.25) is 0 Å². The van der Waals surface area contributed by atoms with E-state index in [4.69, 9.17) is 9.47 Å². The van der Waals surface area contributed by atoms with Crippen LogP contribution >= 0.6 is 22.6 Å². The molecule has 0 bridgehead atoms. The highest BCUT2D eigenvalue weighted by Crippen LogP contribution is 2.25. The molecule has 2 nitrogen and oxygen atoms in total. The van der Waals surface area contributed by atoms with E-state index in [1.807, 2.05) is 24.3 Å². The van der Waals surface area contributed by atoms with Gasteiger partial charge in [-0.25, -0.2) is 0 Å². The zero-order chi connectivity index (χ0) is 14.3. The molecular formula is C13H16F3IO2. The molecule has 0 aliphatic rings. The smallest absolute Gasteiger partial charge is 0.389 e. The van der Waals surface area contributed by atoms with Crippen LogP contribution in [0.1, 0.15) is 24.5 Å². The molecule has 0 N–H and O–H groups in total. The topological polar surface area (TPSA) is 18.5 Å². The summed E-state index contributed by atoms with van der Waals surface area (Å²) in [5.41, 5.74) is 0.946. The van der Waals surface area contributed by atoms with Crippen LogP contribution < -0.4 is 4.74 Å². The lowest BCUT2D eigenvalue weighted by Crippen LogP contribution is -2.11. The summed E-state index contributed by atoms with van der Waals surface area (Å²) >= 11 is 2.16. The predicted octanol–water partition coefficient (Wildman–Crippen LogP) is 4.53. The van der Waals surface area contributed by atoms with E-state index in [9.17, 15) is 13.2 Å². The van der Waals surface area contributed by atoms with E-state index >= 15 is 0 Å². The Morgan fingerprint density at radius 2 is 1.84 bits per heavy atom. The number of rotatable bonds is 7. The van der Waals surface area contributed by atoms with Gasteiger partial charge in [-0.1, -0.05) is 34.7 Å². The van der Waals surface area contributed by atoms with Crippen molar-refractivity contribution in [3.63, 3.8) is 0 Å². The molecule has 1 aromatic carbocycles. The summed E-state index contributed by atoms with van der Waals surface area (Å²) in [6.45, 7) is 0.110. The summed E-state index contributed by atoms with van der Waals surface area (Å²) in [6, 6.07) is 7.36. The van der Waals surface area contributed by atoms with Gasteiger partial charge in [-0.05, 0) is 24.1 Å². The van der Waals surface area contributed by atoms with Crippen molar-refractivity contribution in [2.75, 3.05) is 18.1 Å². The Labute approximate surface area is 124 Å². The van der Waals surface area contributed by atoms with Gasteiger partial charge in [-0.15, -0.1) is 0 Å². The number of alkyl halides is 4. The molecule has 0 spiro atoms. The zero-order valence-corrected chi connectivity index (χ0v) is 12.7. The molecule has 6 heteroatoms. The van der Waals surface area contributed by atoms with E-state index in [0.29, 0.717) is 4.43 Å². The summed E-state index contributed by atoms with van der Waals surface area (Å²) in [5, 5.41) is 0. The minimum atomic E-state index is -4.11. The van der Waals surface area contributed by atoms with E-state index in [1.54, 1.807) is 7.11 Å². The van der Waals surface area contributed by atoms with Gasteiger partial charge in [0.25, 0.3) is 0 Å². The Hall–Kier alpha value is -0.500. The van der Waals surface area contributed by atoms with Gasteiger partial charge in [0.15, 0.2) is 0 Å². The highest BCUT2D eigenvalue weighted by molar-refractivity contribution is 14.1. The molecule has 1 rings (SSSR count). The first kappa shape index (κ1) is 16.6. The van der Waals surface area contributed by atoms with Crippen molar-refractivity contribution in [1.82, 2.24) is 0 Å². The van der Waals surface area contributed by atoms with Crippen molar-refractivity contribution >= 4 is 22.6 Å². The highest BCUT2D eigenvalue weighted by atomic mass is 127. The maximum absolute atomic E-state index is 12.0. The average Bonchev–Trinajstić information content (AvgIpc) is 2.38. The third-order valence-corrected chi connectivity index (χ3v) is 3.35. The molecule has 108 valence electrons. The molecular weight excluding hydrogens is 372 g/mol. The molecule has 0 aromatic heterocycles. The number of methoxy groups -OCH3 is 1. The van der Waals surface area contributed by atoms with Crippen LogP contribution in [0, 0.1) is 0 Å². The molecule has 0 aliphatic carbocycles. The lowest BCUT2D eigenvalue weighted by Gasteiger charge is -2.16. The van der Waals surface area contributed by atoms with Crippen LogP contribution in [0.3, 0.4) is 0 Å². The van der Waals surface area contributed by atoms with Gasteiger partial charge in [0.2, 0.25) is 0 Å². The largest absolute Gasteiger partial charge is 0.497 e. The van der Waals surface area contributed by atoms with Gasteiger partial charge in [0.05, 0.1) is 13.2 Å². The molecule has 0 fully saturated rings. The lowest BCUT2D eigenvalue weighted by atomic mass is 10.1. The van der Waals surface area contributed by atoms with E-state index in [2.05, 4.69) is 22.6 Å². The van der Waals surface area contributed by atoms with Crippen LogP contribution in [0.5, 0.6) is 5.75 Å². The second kappa shape index (κ2) is 7.94. The first-order chi connectivity index (χ1) is 8.96. The Morgan fingerprint density at radius 3 is 2.32 bits per heavy atom. The van der Waals surface area contributed by atoms with Crippen molar-refractivity contribution in [3.8, 4) is 5.75 Å². The molecule has 0 aliphatic heterocycles. The van der Waals surface area contributed by atoms with Gasteiger partial charge < -0.3 is 9.47 Å². The molecule has 0 heterocycles. The van der Waals surface area contributed by atoms with Crippen molar-refractivity contribution in [2.24, 2.45) is 0 Å². The van der Waals surface area contributed by atoms with Gasteiger partial charge >= 0.3 is 6.18 Å². The molecule has 19 heavy (non-hydrogen) atoms. The molecule has 0 radical (unpaired) electrons. The minimum absolute atomic E-state index is 0.00715. The normalized spacial score (nSPS) is 13.3. The van der Waals surface area contributed by atoms with Crippen LogP contribution in [-0.4, -0.2) is 24.3 Å². The average molecular weight is 388 g/mol. The molecule has 0 amide bonds. The van der Waals surface area contributed by atoms with Crippen LogP contribution in [0.25, 0.3) is 0 Å². The molecule has 0 saturated carbocycles. The summed E-state index contributed by atoms with van der Waals surface area (Å²) in [5.74, 6) is 0.744. The number of halogens is 4. The summed E-state index contributed by atoms with van der Waals surface area (Å²) < 4.78 is 47.2. The molecule has 1 atom stereocenters. The van der Waals surface area contributed by atoms with Gasteiger partial charge in [-0.2, -0.15) is 13.2 Å². The van der Waals surface area contributed by atoms with E-state index in [-0.39, 0.29) is 19.1 Å². The van der Waals surface area contributed by atoms with E-state index in [1.165, 1.54) is 0 Å². The van der Waals surface area contributed by atoms with Crippen LogP contribution in [-0.2, 0) is 4.74 Å². The van der Waals surface area contributed by atoms with Crippen molar-refractivity contribution in [1.29, 1.82) is 0 Å². The van der Waals surface area contributed by atoms with Gasteiger partial charge in [0, 0.05) is 17.5 Å². The fraction of sp³-hybridized carbons (Fsp3) is 0.538. The Kier molecular flexibility index (Phi) is 6.92. The summed E-state index contributed by atoms with van der Waals surface area (Å²) in [4.78, 5) is 0. The van der Waals surface area contributed by atoms with E-state index in [0.717, 1.165) is 11.3 Å². The van der Waals surface area contributed by atoms with Gasteiger partial charge in [-0.3, -0.25) is 0 Å². The standard InChI is InChI=1S/C13H16F3IO2/c1-18-11-5-3-10(4-6-11)12(9-17)19-8-2-7-13(14,15)16/h3-6,12H,2,7-9H2,1H3. The molecule has 0 saturated heterocycles. The Morgan fingerprint density at radius 1 is 1.21 bits per heavy atom. The van der Waals surface area contributed by atoms with Gasteiger partial charge in [0.1, 0.15) is 5.75 Å². The van der Waals surface area contributed by atoms with Crippen molar-refractivity contribution in [2.45, 2.75) is 25.1 Å². The van der Waals surface area contributed by atoms with Crippen molar-refractivity contribution in [3.05, 3.63) is 29.8 Å². The summed E-state index contributed by atoms with van der Waals surface area (Å²) in [6.07, 6.45) is -5.10.